The number of carbonyl (C=O) groups is 3. The molecule has 140 valence electrons. The number of hydrogen-bond donors (Lipinski definition) is 0. The van der Waals surface area contributed by atoms with E-state index in [4.69, 9.17) is 10.00 Å². The molecule has 2 aromatic carbocycles. The van der Waals surface area contributed by atoms with Crippen molar-refractivity contribution in [1.29, 1.82) is 5.26 Å². The first-order chi connectivity index (χ1) is 13.5. The Labute approximate surface area is 173 Å². The van der Waals surface area contributed by atoms with E-state index in [1.807, 2.05) is 6.07 Å². The van der Waals surface area contributed by atoms with E-state index in [1.54, 1.807) is 54.6 Å². The molecule has 0 aromatic heterocycles. The number of nitriles is 1. The summed E-state index contributed by atoms with van der Waals surface area (Å²) < 4.78 is 6.01. The van der Waals surface area contributed by atoms with Crippen molar-refractivity contribution in [3.8, 4) is 11.8 Å². The predicted molar refractivity (Wildman–Crippen MR) is 109 cm³/mol. The van der Waals surface area contributed by atoms with E-state index >= 15 is 0 Å². The van der Waals surface area contributed by atoms with Gasteiger partial charge >= 0.3 is 0 Å². The number of ketones is 1. The Kier molecular flexibility index (Phi) is 6.29. The van der Waals surface area contributed by atoms with E-state index in [0.29, 0.717) is 16.9 Å². The van der Waals surface area contributed by atoms with Crippen molar-refractivity contribution in [2.24, 2.45) is 0 Å². The van der Waals surface area contributed by atoms with Crippen molar-refractivity contribution in [3.63, 3.8) is 0 Å². The summed E-state index contributed by atoms with van der Waals surface area (Å²) in [6.07, 6.45) is 1.59. The number of hydrogen-bond acceptors (Lipinski definition) is 6. The second kappa shape index (κ2) is 8.87. The molecule has 0 spiro atoms. The minimum absolute atomic E-state index is 0.0510. The SMILES string of the molecule is N#CCOc1ccc(/C=C2\SC(=O)N(CC(=O)c3ccc(Br)cc3)C2=O)cc1. The van der Waals surface area contributed by atoms with Crippen molar-refractivity contribution in [1.82, 2.24) is 4.90 Å². The third kappa shape index (κ3) is 4.68. The van der Waals surface area contributed by atoms with Gasteiger partial charge in [0.1, 0.15) is 11.8 Å². The van der Waals surface area contributed by atoms with Crippen LogP contribution in [-0.4, -0.2) is 35.0 Å². The molecule has 1 heterocycles. The van der Waals surface area contributed by atoms with Crippen LogP contribution in [0.1, 0.15) is 15.9 Å². The van der Waals surface area contributed by atoms with Gasteiger partial charge in [-0.05, 0) is 47.7 Å². The minimum Gasteiger partial charge on any atom is -0.479 e. The van der Waals surface area contributed by atoms with E-state index in [9.17, 15) is 14.4 Å². The number of nitrogens with zero attached hydrogens (tertiary/aromatic N) is 2. The molecule has 0 saturated carbocycles. The van der Waals surface area contributed by atoms with E-state index in [-0.39, 0.29) is 23.8 Å². The molecular weight excluding hydrogens is 444 g/mol. The average molecular weight is 457 g/mol. The molecular formula is C20H13BrN2O4S. The van der Waals surface area contributed by atoms with Crippen molar-refractivity contribution in [3.05, 3.63) is 69.0 Å². The van der Waals surface area contributed by atoms with Crippen LogP contribution in [-0.2, 0) is 4.79 Å². The molecule has 1 saturated heterocycles. The summed E-state index contributed by atoms with van der Waals surface area (Å²) in [6.45, 7) is -0.352. The molecule has 0 radical (unpaired) electrons. The number of imide groups is 1. The first-order valence-corrected chi connectivity index (χ1v) is 9.73. The van der Waals surface area contributed by atoms with Crippen LogP contribution in [0, 0.1) is 11.3 Å². The number of rotatable bonds is 6. The smallest absolute Gasteiger partial charge is 0.293 e. The number of halogens is 1. The predicted octanol–water partition coefficient (Wildman–Crippen LogP) is 4.27. The second-order valence-corrected chi connectivity index (χ2v) is 7.62. The van der Waals surface area contributed by atoms with Crippen LogP contribution in [0.2, 0.25) is 0 Å². The Morgan fingerprint density at radius 2 is 1.82 bits per heavy atom. The van der Waals surface area contributed by atoms with Crippen LogP contribution in [0.25, 0.3) is 6.08 Å². The fraction of sp³-hybridized carbons (Fsp3) is 0.100. The summed E-state index contributed by atoms with van der Waals surface area (Å²) in [7, 11) is 0. The quantitative estimate of drug-likeness (QED) is 0.476. The number of thioether (sulfide) groups is 1. The standard InChI is InChI=1S/C20H13BrN2O4S/c21-15-5-3-14(4-6-15)17(24)12-23-19(25)18(28-20(23)26)11-13-1-7-16(8-2-13)27-10-9-22/h1-8,11H,10,12H2/b18-11-. The fourth-order valence-electron chi connectivity index (χ4n) is 2.43. The lowest BCUT2D eigenvalue weighted by Gasteiger charge is -2.11. The Morgan fingerprint density at radius 3 is 2.46 bits per heavy atom. The van der Waals surface area contributed by atoms with Crippen molar-refractivity contribution in [2.75, 3.05) is 13.2 Å². The van der Waals surface area contributed by atoms with E-state index in [2.05, 4.69) is 15.9 Å². The first-order valence-electron chi connectivity index (χ1n) is 8.12. The van der Waals surface area contributed by atoms with Gasteiger partial charge in [-0.25, -0.2) is 0 Å². The number of Topliss-reactive ketones (excluding diaryl/α,β-unsaturated/α-hetero) is 1. The lowest BCUT2D eigenvalue weighted by Crippen LogP contribution is -2.33. The van der Waals surface area contributed by atoms with Gasteiger partial charge in [-0.15, -0.1) is 0 Å². The maximum absolute atomic E-state index is 12.5. The molecule has 1 aliphatic heterocycles. The molecule has 0 atom stereocenters. The average Bonchev–Trinajstić information content (AvgIpc) is 2.95. The summed E-state index contributed by atoms with van der Waals surface area (Å²) in [4.78, 5) is 38.3. The highest BCUT2D eigenvalue weighted by Crippen LogP contribution is 2.32. The zero-order valence-corrected chi connectivity index (χ0v) is 16.8. The molecule has 0 bridgehead atoms. The number of amides is 2. The molecule has 2 aromatic rings. The third-order valence-electron chi connectivity index (χ3n) is 3.82. The highest BCUT2D eigenvalue weighted by molar-refractivity contribution is 9.10. The summed E-state index contributed by atoms with van der Waals surface area (Å²) in [5.74, 6) is -0.271. The van der Waals surface area contributed by atoms with Gasteiger partial charge in [0.15, 0.2) is 12.4 Å². The number of ether oxygens (including phenoxy) is 1. The molecule has 0 aliphatic carbocycles. The molecule has 3 rings (SSSR count). The normalized spacial score (nSPS) is 15.0. The van der Waals surface area contributed by atoms with Gasteiger partial charge in [0.2, 0.25) is 0 Å². The van der Waals surface area contributed by atoms with Gasteiger partial charge < -0.3 is 4.74 Å². The molecule has 28 heavy (non-hydrogen) atoms. The van der Waals surface area contributed by atoms with Crippen LogP contribution >= 0.6 is 27.7 Å². The summed E-state index contributed by atoms with van der Waals surface area (Å²) >= 11 is 4.09. The van der Waals surface area contributed by atoms with Crippen LogP contribution < -0.4 is 4.74 Å². The maximum atomic E-state index is 12.5. The zero-order valence-electron chi connectivity index (χ0n) is 14.4. The molecule has 0 unspecified atom stereocenters. The fourth-order valence-corrected chi connectivity index (χ4v) is 3.54. The Balaban J connectivity index is 1.70. The van der Waals surface area contributed by atoms with Gasteiger partial charge in [0, 0.05) is 10.0 Å². The molecule has 1 fully saturated rings. The topological polar surface area (TPSA) is 87.5 Å². The summed E-state index contributed by atoms with van der Waals surface area (Å²) in [6, 6.07) is 15.4. The monoisotopic (exact) mass is 456 g/mol. The van der Waals surface area contributed by atoms with Crippen LogP contribution in [0.3, 0.4) is 0 Å². The highest BCUT2D eigenvalue weighted by atomic mass is 79.9. The number of benzene rings is 2. The maximum Gasteiger partial charge on any atom is 0.293 e. The first kappa shape index (κ1) is 19.9. The van der Waals surface area contributed by atoms with Crippen molar-refractivity contribution < 1.29 is 19.1 Å². The summed E-state index contributed by atoms with van der Waals surface area (Å²) in [5, 5.41) is 8.03. The highest BCUT2D eigenvalue weighted by Gasteiger charge is 2.36. The van der Waals surface area contributed by atoms with E-state index in [0.717, 1.165) is 21.1 Å². The molecule has 1 aliphatic rings. The second-order valence-electron chi connectivity index (χ2n) is 5.71. The lowest BCUT2D eigenvalue weighted by atomic mass is 10.1. The number of carbonyl (C=O) groups excluding carboxylic acids is 3. The lowest BCUT2D eigenvalue weighted by molar-refractivity contribution is -0.122. The van der Waals surface area contributed by atoms with Gasteiger partial charge in [-0.1, -0.05) is 40.2 Å². The minimum atomic E-state index is -0.495. The molecule has 6 nitrogen and oxygen atoms in total. The van der Waals surface area contributed by atoms with Gasteiger partial charge in [-0.2, -0.15) is 5.26 Å². The van der Waals surface area contributed by atoms with Crippen LogP contribution in [0.4, 0.5) is 4.79 Å². The molecule has 0 N–H and O–H groups in total. The largest absolute Gasteiger partial charge is 0.479 e. The third-order valence-corrected chi connectivity index (χ3v) is 5.26. The van der Waals surface area contributed by atoms with E-state index in [1.165, 1.54) is 0 Å². The molecule has 8 heteroatoms. The van der Waals surface area contributed by atoms with Crippen LogP contribution in [0.5, 0.6) is 5.75 Å². The van der Waals surface area contributed by atoms with Crippen LogP contribution in [0.15, 0.2) is 57.9 Å². The Morgan fingerprint density at radius 1 is 1.14 bits per heavy atom. The Bertz CT molecular complexity index is 994. The van der Waals surface area contributed by atoms with Crippen molar-refractivity contribution >= 4 is 50.7 Å². The molecule has 2 amide bonds. The van der Waals surface area contributed by atoms with Gasteiger partial charge in [0.05, 0.1) is 11.4 Å². The van der Waals surface area contributed by atoms with Crippen molar-refractivity contribution in [2.45, 2.75) is 0 Å². The Hall–Kier alpha value is -2.89. The zero-order chi connectivity index (χ0) is 20.1. The van der Waals surface area contributed by atoms with Gasteiger partial charge in [-0.3, -0.25) is 19.3 Å². The van der Waals surface area contributed by atoms with Gasteiger partial charge in [0.25, 0.3) is 11.1 Å². The van der Waals surface area contributed by atoms with E-state index < -0.39 is 11.1 Å². The summed E-state index contributed by atoms with van der Waals surface area (Å²) in [5.41, 5.74) is 1.13.